The van der Waals surface area contributed by atoms with Gasteiger partial charge in [-0.3, -0.25) is 24.6 Å². The molecule has 2 aromatic heterocycles. The molecule has 9 nitrogen and oxygen atoms in total. The molecule has 196 valence electrons. The molecule has 0 aliphatic carbocycles. The molecule has 1 aromatic carbocycles. The first-order valence-corrected chi connectivity index (χ1v) is 13.2. The highest BCUT2D eigenvalue weighted by Gasteiger charge is 2.36. The summed E-state index contributed by atoms with van der Waals surface area (Å²) in [6.45, 7) is 4.85. The monoisotopic (exact) mass is 512 g/mol. The van der Waals surface area contributed by atoms with Crippen LogP contribution in [0, 0.1) is 17.2 Å². The Hall–Kier alpha value is -4.03. The number of hydrogen-bond acceptors (Lipinski definition) is 6. The van der Waals surface area contributed by atoms with Gasteiger partial charge in [-0.1, -0.05) is 19.4 Å². The van der Waals surface area contributed by atoms with Gasteiger partial charge in [0.25, 0.3) is 5.91 Å². The zero-order valence-corrected chi connectivity index (χ0v) is 21.8. The Morgan fingerprint density at radius 1 is 1.26 bits per heavy atom. The van der Waals surface area contributed by atoms with Crippen molar-refractivity contribution in [2.45, 2.75) is 51.7 Å². The highest BCUT2D eigenvalue weighted by Crippen LogP contribution is 2.32. The lowest BCUT2D eigenvalue weighted by Crippen LogP contribution is -2.46. The van der Waals surface area contributed by atoms with Crippen LogP contribution < -0.4 is 5.32 Å². The van der Waals surface area contributed by atoms with E-state index < -0.39 is 11.9 Å². The van der Waals surface area contributed by atoms with Crippen molar-refractivity contribution in [2.75, 3.05) is 13.1 Å². The molecule has 0 saturated carbocycles. The predicted molar refractivity (Wildman–Crippen MR) is 143 cm³/mol. The van der Waals surface area contributed by atoms with E-state index in [4.69, 9.17) is 4.98 Å². The van der Waals surface area contributed by atoms with Crippen LogP contribution in [0.4, 0.5) is 0 Å². The van der Waals surface area contributed by atoms with E-state index in [0.717, 1.165) is 60.3 Å². The summed E-state index contributed by atoms with van der Waals surface area (Å²) >= 11 is 0. The molecule has 9 heteroatoms. The number of nitrogens with one attached hydrogen (secondary N) is 1. The minimum absolute atomic E-state index is 0.145. The van der Waals surface area contributed by atoms with Crippen LogP contribution in [0.1, 0.15) is 54.1 Å². The Morgan fingerprint density at radius 2 is 2.05 bits per heavy atom. The van der Waals surface area contributed by atoms with Crippen LogP contribution in [-0.2, 0) is 29.7 Å². The van der Waals surface area contributed by atoms with E-state index in [-0.39, 0.29) is 11.8 Å². The third kappa shape index (κ3) is 4.79. The minimum atomic E-state index is -0.692. The van der Waals surface area contributed by atoms with Crippen molar-refractivity contribution in [3.05, 3.63) is 53.2 Å². The normalized spacial score (nSPS) is 16.9. The van der Waals surface area contributed by atoms with Gasteiger partial charge in [-0.15, -0.1) is 0 Å². The molecule has 2 aliphatic rings. The smallest absolute Gasteiger partial charge is 0.255 e. The molecule has 1 saturated heterocycles. The third-order valence-corrected chi connectivity index (χ3v) is 7.76. The van der Waals surface area contributed by atoms with Crippen LogP contribution >= 0.6 is 0 Å². The SMILES string of the molecule is CCCC(C(=O)NC=O)N1Cc2cc(-c3cc(CN4CCC(C#N)CC4)c4ccn(C)c4n3)ccc2C1=O. The highest BCUT2D eigenvalue weighted by atomic mass is 16.2. The van der Waals surface area contributed by atoms with Gasteiger partial charge in [-0.2, -0.15) is 5.26 Å². The van der Waals surface area contributed by atoms with E-state index in [1.165, 1.54) is 5.56 Å². The Kier molecular flexibility index (Phi) is 7.25. The van der Waals surface area contributed by atoms with Gasteiger partial charge in [0.2, 0.25) is 12.3 Å². The minimum Gasteiger partial charge on any atom is -0.336 e. The molecular weight excluding hydrogens is 480 g/mol. The number of hydrogen-bond donors (Lipinski definition) is 1. The van der Waals surface area contributed by atoms with Gasteiger partial charge in [0.15, 0.2) is 0 Å². The summed E-state index contributed by atoms with van der Waals surface area (Å²) in [6, 6.07) is 11.7. The second-order valence-electron chi connectivity index (χ2n) is 10.2. The number of carbonyl (C=O) groups excluding carboxylic acids is 3. The molecule has 1 unspecified atom stereocenters. The fourth-order valence-electron chi connectivity index (χ4n) is 5.65. The summed E-state index contributed by atoms with van der Waals surface area (Å²) in [5.74, 6) is -0.507. The lowest BCUT2D eigenvalue weighted by Gasteiger charge is -2.29. The van der Waals surface area contributed by atoms with Crippen LogP contribution in [0.25, 0.3) is 22.3 Å². The van der Waals surface area contributed by atoms with Gasteiger partial charge in [0, 0.05) is 48.8 Å². The van der Waals surface area contributed by atoms with Crippen molar-refractivity contribution in [2.24, 2.45) is 13.0 Å². The molecule has 0 radical (unpaired) electrons. The number of carbonyl (C=O) groups is 3. The van der Waals surface area contributed by atoms with E-state index in [2.05, 4.69) is 28.4 Å². The van der Waals surface area contributed by atoms with Crippen LogP contribution in [0.15, 0.2) is 36.5 Å². The van der Waals surface area contributed by atoms with Gasteiger partial charge < -0.3 is 9.47 Å². The molecule has 1 fully saturated rings. The summed E-state index contributed by atoms with van der Waals surface area (Å²) in [5, 5.41) is 12.6. The Morgan fingerprint density at radius 3 is 2.76 bits per heavy atom. The first-order valence-electron chi connectivity index (χ1n) is 13.2. The van der Waals surface area contributed by atoms with Gasteiger partial charge in [0.05, 0.1) is 11.8 Å². The van der Waals surface area contributed by atoms with Crippen LogP contribution in [-0.4, -0.2) is 56.7 Å². The summed E-state index contributed by atoms with van der Waals surface area (Å²) in [6.07, 6.45) is 5.36. The number of nitrogens with zero attached hydrogens (tertiary/aromatic N) is 5. The number of nitriles is 1. The number of aryl methyl sites for hydroxylation is 1. The van der Waals surface area contributed by atoms with E-state index in [1.54, 1.807) is 4.90 Å². The summed E-state index contributed by atoms with van der Waals surface area (Å²) < 4.78 is 2.02. The molecular formula is C29H32N6O3. The Balaban J connectivity index is 1.45. The van der Waals surface area contributed by atoms with Crippen molar-refractivity contribution in [3.63, 3.8) is 0 Å². The predicted octanol–water partition coefficient (Wildman–Crippen LogP) is 3.37. The number of imide groups is 1. The van der Waals surface area contributed by atoms with E-state index >= 15 is 0 Å². The average molecular weight is 513 g/mol. The van der Waals surface area contributed by atoms with Crippen molar-refractivity contribution in [1.29, 1.82) is 5.26 Å². The van der Waals surface area contributed by atoms with Gasteiger partial charge in [-0.05, 0) is 67.7 Å². The maximum Gasteiger partial charge on any atom is 0.255 e. The van der Waals surface area contributed by atoms with Gasteiger partial charge in [-0.25, -0.2) is 4.98 Å². The third-order valence-electron chi connectivity index (χ3n) is 7.76. The molecule has 38 heavy (non-hydrogen) atoms. The number of piperidine rings is 1. The maximum atomic E-state index is 13.2. The molecule has 1 atom stereocenters. The zero-order chi connectivity index (χ0) is 26.8. The van der Waals surface area contributed by atoms with E-state index in [1.807, 2.05) is 42.9 Å². The van der Waals surface area contributed by atoms with Crippen LogP contribution in [0.2, 0.25) is 0 Å². The van der Waals surface area contributed by atoms with Crippen molar-refractivity contribution in [1.82, 2.24) is 24.7 Å². The number of aromatic nitrogens is 2. The fourth-order valence-corrected chi connectivity index (χ4v) is 5.65. The molecule has 3 amide bonds. The van der Waals surface area contributed by atoms with Crippen LogP contribution in [0.3, 0.4) is 0 Å². The molecule has 5 rings (SSSR count). The lowest BCUT2D eigenvalue weighted by atomic mass is 9.97. The van der Waals surface area contributed by atoms with Gasteiger partial charge >= 0.3 is 0 Å². The number of pyridine rings is 1. The Bertz CT molecular complexity index is 1430. The lowest BCUT2D eigenvalue weighted by molar-refractivity contribution is -0.129. The average Bonchev–Trinajstić information content (AvgIpc) is 3.47. The van der Waals surface area contributed by atoms with Crippen molar-refractivity contribution in [3.8, 4) is 17.3 Å². The second-order valence-corrected chi connectivity index (χ2v) is 10.2. The number of benzene rings is 1. The Labute approximate surface area is 222 Å². The van der Waals surface area contributed by atoms with E-state index in [0.29, 0.717) is 31.4 Å². The van der Waals surface area contributed by atoms with Crippen molar-refractivity contribution < 1.29 is 14.4 Å². The number of amides is 3. The fraction of sp³-hybridized carbons (Fsp3) is 0.414. The summed E-state index contributed by atoms with van der Waals surface area (Å²) in [7, 11) is 1.98. The number of likely N-dealkylation sites (tertiary alicyclic amines) is 1. The maximum absolute atomic E-state index is 13.2. The summed E-state index contributed by atoms with van der Waals surface area (Å²) in [4.78, 5) is 45.5. The number of fused-ring (bicyclic) bond motifs is 2. The van der Waals surface area contributed by atoms with Gasteiger partial charge in [0.1, 0.15) is 11.7 Å². The standard InChI is InChI=1S/C29H32N6O3/c1-3-4-26(28(37)31-18-36)35-17-21-13-20(5-6-24(21)29(35)38)25-14-22(23-9-10-33(2)27(23)32-25)16-34-11-7-19(15-30)8-12-34/h5-6,9-10,13-14,18-19,26H,3-4,7-8,11-12,16-17H2,1-2H3,(H,31,36,37). The highest BCUT2D eigenvalue weighted by molar-refractivity contribution is 6.02. The topological polar surface area (TPSA) is 111 Å². The summed E-state index contributed by atoms with van der Waals surface area (Å²) in [5.41, 5.74) is 5.26. The molecule has 3 aromatic rings. The molecule has 4 heterocycles. The largest absolute Gasteiger partial charge is 0.336 e. The second kappa shape index (κ2) is 10.8. The van der Waals surface area contributed by atoms with E-state index in [9.17, 15) is 19.6 Å². The van der Waals surface area contributed by atoms with Crippen LogP contribution in [0.5, 0.6) is 0 Å². The first-order chi connectivity index (χ1) is 18.4. The van der Waals surface area contributed by atoms with Crippen molar-refractivity contribution >= 4 is 29.3 Å². The molecule has 0 spiro atoms. The molecule has 2 aliphatic heterocycles. The first kappa shape index (κ1) is 25.6. The number of rotatable bonds is 8. The zero-order valence-electron chi connectivity index (χ0n) is 21.8. The molecule has 1 N–H and O–H groups in total. The molecule has 0 bridgehead atoms. The quantitative estimate of drug-likeness (QED) is 0.463.